The summed E-state index contributed by atoms with van der Waals surface area (Å²) in [4.78, 5) is 57.2. The number of rotatable bonds is 6. The lowest BCUT2D eigenvalue weighted by atomic mass is 9.99. The quantitative estimate of drug-likeness (QED) is 0.574. The molecule has 0 bridgehead atoms. The van der Waals surface area contributed by atoms with E-state index in [0.29, 0.717) is 23.5 Å². The molecule has 1 fully saturated rings. The van der Waals surface area contributed by atoms with Crippen molar-refractivity contribution >= 4 is 35.2 Å². The Morgan fingerprint density at radius 2 is 1.58 bits per heavy atom. The molecule has 1 heterocycles. The second kappa shape index (κ2) is 10.8. The predicted molar refractivity (Wildman–Crippen MR) is 146 cm³/mol. The molecule has 4 rings (SSSR count). The molecular weight excluding hydrogens is 484 g/mol. The summed E-state index contributed by atoms with van der Waals surface area (Å²) in [7, 11) is 4.90. The van der Waals surface area contributed by atoms with E-state index in [1.54, 1.807) is 38.2 Å². The van der Waals surface area contributed by atoms with Gasteiger partial charge in [0.05, 0.1) is 30.1 Å². The van der Waals surface area contributed by atoms with E-state index in [2.05, 4.69) is 0 Å². The van der Waals surface area contributed by atoms with Crippen molar-refractivity contribution in [2.75, 3.05) is 44.0 Å². The van der Waals surface area contributed by atoms with Gasteiger partial charge in [-0.2, -0.15) is 0 Å². The number of anilines is 2. The highest BCUT2D eigenvalue weighted by atomic mass is 16.6. The van der Waals surface area contributed by atoms with Crippen molar-refractivity contribution in [3.63, 3.8) is 0 Å². The third-order valence-electron chi connectivity index (χ3n) is 6.82. The van der Waals surface area contributed by atoms with Crippen LogP contribution in [0.5, 0.6) is 0 Å². The van der Waals surface area contributed by atoms with Gasteiger partial charge in [-0.05, 0) is 69.0 Å². The molecular formula is C29H36N4O5. The van der Waals surface area contributed by atoms with Crippen molar-refractivity contribution in [2.24, 2.45) is 5.92 Å². The van der Waals surface area contributed by atoms with E-state index in [1.165, 1.54) is 9.80 Å². The molecule has 0 radical (unpaired) electrons. The molecule has 1 saturated carbocycles. The van der Waals surface area contributed by atoms with Crippen LogP contribution in [-0.2, 0) is 14.3 Å². The molecule has 202 valence electrons. The Hall–Kier alpha value is -3.88. The van der Waals surface area contributed by atoms with Crippen molar-refractivity contribution in [1.29, 1.82) is 0 Å². The third kappa shape index (κ3) is 5.66. The van der Waals surface area contributed by atoms with Crippen LogP contribution in [0.2, 0.25) is 0 Å². The number of carbonyl (C=O) groups excluding carboxylic acids is 4. The Balaban J connectivity index is 1.63. The van der Waals surface area contributed by atoms with E-state index >= 15 is 0 Å². The lowest BCUT2D eigenvalue weighted by Gasteiger charge is -2.41. The first-order valence-electron chi connectivity index (χ1n) is 13.0. The minimum atomic E-state index is -0.444. The van der Waals surface area contributed by atoms with Gasteiger partial charge in [-0.3, -0.25) is 19.3 Å². The average molecular weight is 521 g/mol. The number of nitrogens with zero attached hydrogens (tertiary/aromatic N) is 4. The zero-order chi connectivity index (χ0) is 27.7. The summed E-state index contributed by atoms with van der Waals surface area (Å²) in [5, 5.41) is 0. The number of fused-ring (bicyclic) bond motifs is 1. The first-order valence-corrected chi connectivity index (χ1v) is 13.0. The van der Waals surface area contributed by atoms with Crippen molar-refractivity contribution in [2.45, 2.75) is 45.8 Å². The summed E-state index contributed by atoms with van der Waals surface area (Å²) >= 11 is 0. The summed E-state index contributed by atoms with van der Waals surface area (Å²) in [5.74, 6) is -0.253. The molecule has 2 aliphatic rings. The largest absolute Gasteiger partial charge is 0.446 e. The smallest absolute Gasteiger partial charge is 0.414 e. The Bertz CT molecular complexity index is 1240. The fraction of sp³-hybridized carbons (Fsp3) is 0.448. The van der Waals surface area contributed by atoms with Gasteiger partial charge < -0.3 is 19.4 Å². The van der Waals surface area contributed by atoms with Crippen LogP contribution in [0, 0.1) is 5.92 Å². The van der Waals surface area contributed by atoms with Gasteiger partial charge in [0.25, 0.3) is 5.91 Å². The van der Waals surface area contributed by atoms with Gasteiger partial charge in [0, 0.05) is 39.2 Å². The maximum Gasteiger partial charge on any atom is 0.414 e. The Labute approximate surface area is 223 Å². The first kappa shape index (κ1) is 27.2. The molecule has 0 saturated heterocycles. The summed E-state index contributed by atoms with van der Waals surface area (Å²) in [5.41, 5.74) is 3.49. The van der Waals surface area contributed by atoms with Gasteiger partial charge in [0.2, 0.25) is 11.8 Å². The normalized spacial score (nSPS) is 16.7. The third-order valence-corrected chi connectivity index (χ3v) is 6.82. The number of amides is 4. The summed E-state index contributed by atoms with van der Waals surface area (Å²) < 4.78 is 5.52. The summed E-state index contributed by atoms with van der Waals surface area (Å²) in [6, 6.07) is 12.7. The van der Waals surface area contributed by atoms with Crippen molar-refractivity contribution < 1.29 is 23.9 Å². The predicted octanol–water partition coefficient (Wildman–Crippen LogP) is 4.01. The molecule has 1 aliphatic heterocycles. The van der Waals surface area contributed by atoms with E-state index in [4.69, 9.17) is 4.74 Å². The van der Waals surface area contributed by atoms with Crippen LogP contribution in [0.15, 0.2) is 42.5 Å². The average Bonchev–Trinajstić information content (AvgIpc) is 3.72. The molecule has 1 aliphatic carbocycles. The first-order chi connectivity index (χ1) is 18.0. The molecule has 0 spiro atoms. The van der Waals surface area contributed by atoms with E-state index in [-0.39, 0.29) is 42.3 Å². The molecule has 0 N–H and O–H groups in total. The van der Waals surface area contributed by atoms with Crippen LogP contribution in [0.1, 0.15) is 44.0 Å². The zero-order valence-electron chi connectivity index (χ0n) is 22.9. The van der Waals surface area contributed by atoms with Gasteiger partial charge in [0.1, 0.15) is 0 Å². The minimum absolute atomic E-state index is 0.00474. The molecule has 4 amide bonds. The van der Waals surface area contributed by atoms with Crippen molar-refractivity contribution in [1.82, 2.24) is 9.80 Å². The lowest BCUT2D eigenvalue weighted by Crippen LogP contribution is -2.52. The van der Waals surface area contributed by atoms with E-state index in [0.717, 1.165) is 24.0 Å². The van der Waals surface area contributed by atoms with Crippen LogP contribution in [0.4, 0.5) is 16.2 Å². The number of ether oxygens (including phenoxy) is 1. The van der Waals surface area contributed by atoms with E-state index in [1.807, 2.05) is 56.0 Å². The summed E-state index contributed by atoms with van der Waals surface area (Å²) in [6.07, 6.45) is 1.09. The highest BCUT2D eigenvalue weighted by Crippen LogP contribution is 2.42. The Kier molecular flexibility index (Phi) is 7.76. The number of hydrogen-bond donors (Lipinski definition) is 0. The van der Waals surface area contributed by atoms with Crippen LogP contribution < -0.4 is 9.80 Å². The molecule has 2 aromatic carbocycles. The van der Waals surface area contributed by atoms with E-state index < -0.39 is 6.09 Å². The molecule has 0 unspecified atom stereocenters. The van der Waals surface area contributed by atoms with Gasteiger partial charge in [0.15, 0.2) is 0 Å². The Morgan fingerprint density at radius 3 is 2.16 bits per heavy atom. The number of likely N-dealkylation sites (N-methyl/N-ethyl adjacent to an activating group) is 2. The number of carbonyl (C=O) groups is 4. The maximum atomic E-state index is 13.1. The van der Waals surface area contributed by atoms with Crippen LogP contribution >= 0.6 is 0 Å². The second-order valence-corrected chi connectivity index (χ2v) is 10.6. The van der Waals surface area contributed by atoms with Gasteiger partial charge >= 0.3 is 6.09 Å². The highest BCUT2D eigenvalue weighted by molar-refractivity contribution is 6.05. The number of hydrogen-bond acceptors (Lipinski definition) is 5. The molecule has 9 heteroatoms. The highest BCUT2D eigenvalue weighted by Gasteiger charge is 2.41. The van der Waals surface area contributed by atoms with Crippen LogP contribution in [-0.4, -0.2) is 80.0 Å². The van der Waals surface area contributed by atoms with E-state index in [9.17, 15) is 19.2 Å². The maximum absolute atomic E-state index is 13.1. The summed E-state index contributed by atoms with van der Waals surface area (Å²) in [6.45, 7) is 5.90. The minimum Gasteiger partial charge on any atom is -0.446 e. The fourth-order valence-electron chi connectivity index (χ4n) is 4.55. The molecule has 1 atom stereocenters. The van der Waals surface area contributed by atoms with Crippen LogP contribution in [0.3, 0.4) is 0 Å². The molecule has 0 aromatic heterocycles. The Morgan fingerprint density at radius 1 is 0.947 bits per heavy atom. The lowest BCUT2D eigenvalue weighted by molar-refractivity contribution is -0.129. The molecule has 9 nitrogen and oxygen atoms in total. The monoisotopic (exact) mass is 520 g/mol. The topological polar surface area (TPSA) is 90.5 Å². The molecule has 38 heavy (non-hydrogen) atoms. The second-order valence-electron chi connectivity index (χ2n) is 10.6. The van der Waals surface area contributed by atoms with Gasteiger partial charge in [-0.15, -0.1) is 0 Å². The van der Waals surface area contributed by atoms with Gasteiger partial charge in [-0.25, -0.2) is 4.79 Å². The standard InChI is InChI=1S/C29H36N4O5/c1-18(2)38-29(37)32-16-19(3)33(28(36)22-11-12-22)24-14-13-23(15-25(24)32)20-7-9-21(10-8-20)27(35)31(6)17-26(34)30(4)5/h7-10,13-15,18-19,22H,11-12,16-17H2,1-6H3/t19-/m0/s1. The fourth-order valence-corrected chi connectivity index (χ4v) is 4.55. The zero-order valence-corrected chi connectivity index (χ0v) is 22.9. The molecule has 2 aromatic rings. The number of benzene rings is 2. The SMILES string of the molecule is CC(C)OC(=O)N1C[C@H](C)N(C(=O)C2CC2)c2ccc(-c3ccc(C(=O)N(C)CC(=O)N(C)C)cc3)cc21. The van der Waals surface area contributed by atoms with Crippen molar-refractivity contribution in [3.8, 4) is 11.1 Å². The van der Waals surface area contributed by atoms with Crippen molar-refractivity contribution in [3.05, 3.63) is 48.0 Å². The van der Waals surface area contributed by atoms with Gasteiger partial charge in [-0.1, -0.05) is 18.2 Å². The van der Waals surface area contributed by atoms with Crippen LogP contribution in [0.25, 0.3) is 11.1 Å².